The molecule has 2 atom stereocenters. The van der Waals surface area contributed by atoms with Gasteiger partial charge < -0.3 is 15.1 Å². The van der Waals surface area contributed by atoms with Crippen LogP contribution >= 0.6 is 0 Å². The quantitative estimate of drug-likeness (QED) is 0.735. The smallest absolute Gasteiger partial charge is 0.407 e. The highest BCUT2D eigenvalue weighted by atomic mass is 16.4. The number of hydrogen-bond acceptors (Lipinski definition) is 2. The van der Waals surface area contributed by atoms with Crippen molar-refractivity contribution in [1.29, 1.82) is 0 Å². The first-order chi connectivity index (χ1) is 6.16. The average molecular weight is 203 g/mol. The predicted octanol–water partition coefficient (Wildman–Crippen LogP) is 1.78. The molecule has 1 amide bonds. The summed E-state index contributed by atoms with van der Waals surface area (Å²) < 4.78 is 0. The number of aliphatic hydroxyl groups excluding tert-OH is 1. The van der Waals surface area contributed by atoms with Gasteiger partial charge in [-0.15, -0.1) is 0 Å². The van der Waals surface area contributed by atoms with Crippen LogP contribution in [0, 0.1) is 5.92 Å². The van der Waals surface area contributed by atoms with E-state index in [0.29, 0.717) is 6.54 Å². The van der Waals surface area contributed by atoms with E-state index in [4.69, 9.17) is 5.11 Å². The SMILES string of the molecule is CC(O)C(C)CN(C(=O)O)C(C)(C)C. The van der Waals surface area contributed by atoms with E-state index in [9.17, 15) is 9.90 Å². The Bertz CT molecular complexity index is 196. The van der Waals surface area contributed by atoms with Crippen molar-refractivity contribution < 1.29 is 15.0 Å². The minimum absolute atomic E-state index is 0.0506. The summed E-state index contributed by atoms with van der Waals surface area (Å²) in [7, 11) is 0. The molecule has 0 bridgehead atoms. The first-order valence-electron chi connectivity index (χ1n) is 4.85. The van der Waals surface area contributed by atoms with E-state index >= 15 is 0 Å². The molecule has 0 spiro atoms. The van der Waals surface area contributed by atoms with Crippen LogP contribution in [0.15, 0.2) is 0 Å². The minimum Gasteiger partial charge on any atom is -0.465 e. The summed E-state index contributed by atoms with van der Waals surface area (Å²) in [5.41, 5.74) is -0.422. The molecule has 2 unspecified atom stereocenters. The molecule has 0 aliphatic heterocycles. The number of carboxylic acid groups (broad SMARTS) is 1. The van der Waals surface area contributed by atoms with Crippen molar-refractivity contribution in [1.82, 2.24) is 4.90 Å². The number of amides is 1. The fraction of sp³-hybridized carbons (Fsp3) is 0.900. The summed E-state index contributed by atoms with van der Waals surface area (Å²) in [5.74, 6) is -0.0506. The van der Waals surface area contributed by atoms with Gasteiger partial charge in [0.15, 0.2) is 0 Å². The van der Waals surface area contributed by atoms with Gasteiger partial charge in [0, 0.05) is 12.1 Å². The maximum Gasteiger partial charge on any atom is 0.407 e. The summed E-state index contributed by atoms with van der Waals surface area (Å²) >= 11 is 0. The van der Waals surface area contributed by atoms with Gasteiger partial charge in [0.1, 0.15) is 0 Å². The maximum absolute atomic E-state index is 10.9. The third kappa shape index (κ3) is 3.96. The number of carbonyl (C=O) groups is 1. The van der Waals surface area contributed by atoms with Gasteiger partial charge in [-0.05, 0) is 33.6 Å². The highest BCUT2D eigenvalue weighted by Crippen LogP contribution is 2.17. The maximum atomic E-state index is 10.9. The van der Waals surface area contributed by atoms with Gasteiger partial charge in [-0.1, -0.05) is 6.92 Å². The van der Waals surface area contributed by atoms with Crippen LogP contribution in [-0.2, 0) is 0 Å². The lowest BCUT2D eigenvalue weighted by atomic mass is 10.0. The van der Waals surface area contributed by atoms with Gasteiger partial charge in [-0.2, -0.15) is 0 Å². The van der Waals surface area contributed by atoms with Gasteiger partial charge >= 0.3 is 6.09 Å². The molecule has 0 aliphatic rings. The number of aliphatic hydroxyl groups is 1. The highest BCUT2D eigenvalue weighted by Gasteiger charge is 2.28. The summed E-state index contributed by atoms with van der Waals surface area (Å²) in [6, 6.07) is 0. The molecule has 0 fully saturated rings. The van der Waals surface area contributed by atoms with Crippen LogP contribution in [0.1, 0.15) is 34.6 Å². The average Bonchev–Trinajstić information content (AvgIpc) is 1.96. The van der Waals surface area contributed by atoms with Crippen molar-refractivity contribution in [2.24, 2.45) is 5.92 Å². The Morgan fingerprint density at radius 3 is 2.00 bits per heavy atom. The largest absolute Gasteiger partial charge is 0.465 e. The van der Waals surface area contributed by atoms with Crippen molar-refractivity contribution in [3.63, 3.8) is 0 Å². The number of hydrogen-bond donors (Lipinski definition) is 2. The molecule has 4 heteroatoms. The Labute approximate surface area is 85.5 Å². The summed E-state index contributed by atoms with van der Waals surface area (Å²) in [6.07, 6.45) is -1.43. The van der Waals surface area contributed by atoms with Gasteiger partial charge in [-0.3, -0.25) is 0 Å². The van der Waals surface area contributed by atoms with Crippen LogP contribution in [0.3, 0.4) is 0 Å². The minimum atomic E-state index is -0.940. The molecule has 2 N–H and O–H groups in total. The molecule has 0 aliphatic carbocycles. The first-order valence-corrected chi connectivity index (χ1v) is 4.85. The Morgan fingerprint density at radius 1 is 1.36 bits per heavy atom. The fourth-order valence-electron chi connectivity index (χ4n) is 1.08. The van der Waals surface area contributed by atoms with Crippen LogP contribution in [0.2, 0.25) is 0 Å². The topological polar surface area (TPSA) is 60.8 Å². The zero-order valence-electron chi connectivity index (χ0n) is 9.61. The zero-order chi connectivity index (χ0) is 11.5. The molecule has 4 nitrogen and oxygen atoms in total. The Kier molecular flexibility index (Phi) is 4.39. The van der Waals surface area contributed by atoms with Gasteiger partial charge in [0.25, 0.3) is 0 Å². The van der Waals surface area contributed by atoms with Gasteiger partial charge in [0.2, 0.25) is 0 Å². The molecule has 0 aromatic carbocycles. The lowest BCUT2D eigenvalue weighted by molar-refractivity contribution is 0.0599. The molecule has 0 saturated heterocycles. The lowest BCUT2D eigenvalue weighted by Gasteiger charge is -2.35. The standard InChI is InChI=1S/C10H21NO3/c1-7(8(2)12)6-11(9(13)14)10(3,4)5/h7-8,12H,6H2,1-5H3,(H,13,14). The van der Waals surface area contributed by atoms with E-state index in [1.165, 1.54) is 4.90 Å². The van der Waals surface area contributed by atoms with E-state index in [-0.39, 0.29) is 5.92 Å². The second-order valence-corrected chi connectivity index (χ2v) is 4.78. The normalized spacial score (nSPS) is 16.1. The summed E-state index contributed by atoms with van der Waals surface area (Å²) in [5, 5.41) is 18.3. The van der Waals surface area contributed by atoms with E-state index in [1.807, 2.05) is 27.7 Å². The molecule has 0 aromatic rings. The second kappa shape index (κ2) is 4.64. The molecule has 0 aromatic heterocycles. The van der Waals surface area contributed by atoms with E-state index in [1.54, 1.807) is 6.92 Å². The third-order valence-electron chi connectivity index (χ3n) is 2.33. The van der Waals surface area contributed by atoms with E-state index in [2.05, 4.69) is 0 Å². The third-order valence-corrected chi connectivity index (χ3v) is 2.33. The van der Waals surface area contributed by atoms with E-state index < -0.39 is 17.7 Å². The van der Waals surface area contributed by atoms with Crippen LogP contribution in [0.5, 0.6) is 0 Å². The second-order valence-electron chi connectivity index (χ2n) is 4.78. The molecule has 0 saturated carbocycles. The molecule has 0 heterocycles. The van der Waals surface area contributed by atoms with Gasteiger partial charge in [0.05, 0.1) is 6.10 Å². The summed E-state index contributed by atoms with van der Waals surface area (Å²) in [4.78, 5) is 12.3. The monoisotopic (exact) mass is 203 g/mol. The predicted molar refractivity (Wildman–Crippen MR) is 55.3 cm³/mol. The van der Waals surface area contributed by atoms with Crippen molar-refractivity contribution >= 4 is 6.09 Å². The Morgan fingerprint density at radius 2 is 1.79 bits per heavy atom. The first kappa shape index (κ1) is 13.2. The molecule has 14 heavy (non-hydrogen) atoms. The number of rotatable bonds is 3. The van der Waals surface area contributed by atoms with Crippen molar-refractivity contribution in [2.75, 3.05) is 6.54 Å². The molecule has 0 radical (unpaired) electrons. The van der Waals surface area contributed by atoms with Crippen LogP contribution in [0.4, 0.5) is 4.79 Å². The summed E-state index contributed by atoms with van der Waals surface area (Å²) in [6.45, 7) is 9.40. The lowest BCUT2D eigenvalue weighted by Crippen LogP contribution is -2.48. The Balaban J connectivity index is 4.48. The highest BCUT2D eigenvalue weighted by molar-refractivity contribution is 5.65. The fourth-order valence-corrected chi connectivity index (χ4v) is 1.08. The van der Waals surface area contributed by atoms with Crippen molar-refractivity contribution in [2.45, 2.75) is 46.3 Å². The molecular formula is C10H21NO3. The van der Waals surface area contributed by atoms with E-state index in [0.717, 1.165) is 0 Å². The van der Waals surface area contributed by atoms with Crippen LogP contribution in [-0.4, -0.2) is 39.4 Å². The van der Waals surface area contributed by atoms with Crippen molar-refractivity contribution in [3.05, 3.63) is 0 Å². The van der Waals surface area contributed by atoms with Crippen LogP contribution < -0.4 is 0 Å². The van der Waals surface area contributed by atoms with Crippen molar-refractivity contribution in [3.8, 4) is 0 Å². The molecule has 0 rings (SSSR count). The Hall–Kier alpha value is -0.770. The zero-order valence-corrected chi connectivity index (χ0v) is 9.61. The molecular weight excluding hydrogens is 182 g/mol. The van der Waals surface area contributed by atoms with Crippen LogP contribution in [0.25, 0.3) is 0 Å². The molecule has 84 valence electrons. The van der Waals surface area contributed by atoms with Gasteiger partial charge in [-0.25, -0.2) is 4.79 Å². The number of nitrogens with zero attached hydrogens (tertiary/aromatic N) is 1.